The molecule has 0 aliphatic rings. The van der Waals surface area contributed by atoms with E-state index in [1.54, 1.807) is 0 Å². The molecule has 0 saturated carbocycles. The van der Waals surface area contributed by atoms with Gasteiger partial charge in [-0.25, -0.2) is 0 Å². The van der Waals surface area contributed by atoms with Crippen molar-refractivity contribution in [1.82, 2.24) is 0 Å². The van der Waals surface area contributed by atoms with Crippen molar-refractivity contribution >= 4 is 15.9 Å². The van der Waals surface area contributed by atoms with Gasteiger partial charge in [0.1, 0.15) is 5.75 Å². The summed E-state index contributed by atoms with van der Waals surface area (Å²) in [5, 5.41) is 0. The molecule has 0 aliphatic carbocycles. The van der Waals surface area contributed by atoms with Gasteiger partial charge in [0.2, 0.25) is 0 Å². The van der Waals surface area contributed by atoms with Crippen LogP contribution in [0.5, 0.6) is 5.75 Å². The summed E-state index contributed by atoms with van der Waals surface area (Å²) in [5.74, 6) is 0.912. The number of halogens is 1. The highest BCUT2D eigenvalue weighted by Gasteiger charge is 1.99. The van der Waals surface area contributed by atoms with Gasteiger partial charge in [-0.15, -0.1) is 0 Å². The third-order valence-corrected chi connectivity index (χ3v) is 3.14. The van der Waals surface area contributed by atoms with Gasteiger partial charge in [-0.3, -0.25) is 0 Å². The van der Waals surface area contributed by atoms with Crippen molar-refractivity contribution in [2.24, 2.45) is 5.73 Å². The highest BCUT2D eigenvalue weighted by Crippen LogP contribution is 2.21. The molecule has 3 heteroatoms. The molecule has 0 bridgehead atoms. The van der Waals surface area contributed by atoms with Crippen LogP contribution in [0.2, 0.25) is 0 Å². The van der Waals surface area contributed by atoms with Crippen molar-refractivity contribution in [3.8, 4) is 5.75 Å². The zero-order valence-electron chi connectivity index (χ0n) is 10.5. The van der Waals surface area contributed by atoms with Crippen LogP contribution in [0, 0.1) is 0 Å². The van der Waals surface area contributed by atoms with Gasteiger partial charge >= 0.3 is 0 Å². The van der Waals surface area contributed by atoms with Gasteiger partial charge in [-0.2, -0.15) is 0 Å². The van der Waals surface area contributed by atoms with E-state index >= 15 is 0 Å². The number of unbranched alkanes of at least 4 members (excludes halogenated alkanes) is 4. The average Bonchev–Trinajstić information content (AvgIpc) is 2.33. The maximum atomic E-state index is 5.72. The smallest absolute Gasteiger partial charge is 0.120 e. The quantitative estimate of drug-likeness (QED) is 0.728. The molecule has 0 aromatic heterocycles. The number of hydrogen-bond donors (Lipinski definition) is 1. The Balaban J connectivity index is 2.28. The fraction of sp³-hybridized carbons (Fsp3) is 0.571. The molecule has 0 fully saturated rings. The second-order valence-electron chi connectivity index (χ2n) is 4.26. The molecule has 0 saturated heterocycles. The lowest BCUT2D eigenvalue weighted by Crippen LogP contribution is -2.00. The van der Waals surface area contributed by atoms with Crippen molar-refractivity contribution < 1.29 is 4.74 Å². The van der Waals surface area contributed by atoms with Crippen LogP contribution in [0.3, 0.4) is 0 Å². The second kappa shape index (κ2) is 8.54. The molecule has 0 amide bonds. The minimum atomic E-state index is 0.548. The van der Waals surface area contributed by atoms with Crippen LogP contribution < -0.4 is 10.5 Å². The van der Waals surface area contributed by atoms with Crippen molar-refractivity contribution in [2.45, 2.75) is 45.6 Å². The van der Waals surface area contributed by atoms with Crippen molar-refractivity contribution in [2.75, 3.05) is 6.61 Å². The first-order chi connectivity index (χ1) is 8.26. The Hall–Kier alpha value is -0.540. The van der Waals surface area contributed by atoms with Crippen molar-refractivity contribution in [3.63, 3.8) is 0 Å². The van der Waals surface area contributed by atoms with E-state index in [1.165, 1.54) is 25.7 Å². The van der Waals surface area contributed by atoms with Gasteiger partial charge in [0.15, 0.2) is 0 Å². The molecular weight excluding hydrogens is 278 g/mol. The molecule has 0 aliphatic heterocycles. The third-order valence-electron chi connectivity index (χ3n) is 2.68. The zero-order valence-corrected chi connectivity index (χ0v) is 12.1. The lowest BCUT2D eigenvalue weighted by atomic mass is 10.2. The molecule has 1 aromatic rings. The SMILES string of the molecule is CCCCCCCOc1cc(Br)cc(CN)c1. The van der Waals surface area contributed by atoms with Crippen LogP contribution in [0.25, 0.3) is 0 Å². The summed E-state index contributed by atoms with van der Waals surface area (Å²) in [4.78, 5) is 0. The maximum absolute atomic E-state index is 5.72. The van der Waals surface area contributed by atoms with Gasteiger partial charge in [0.25, 0.3) is 0 Å². The van der Waals surface area contributed by atoms with Gasteiger partial charge < -0.3 is 10.5 Å². The predicted octanol–water partition coefficient (Wildman–Crippen LogP) is 4.26. The summed E-state index contributed by atoms with van der Waals surface area (Å²) < 4.78 is 6.75. The standard InChI is InChI=1S/C14H22BrNO/c1-2-3-4-5-6-7-17-14-9-12(11-16)8-13(15)10-14/h8-10H,2-7,11,16H2,1H3. The Morgan fingerprint density at radius 3 is 2.59 bits per heavy atom. The van der Waals surface area contributed by atoms with E-state index in [4.69, 9.17) is 10.5 Å². The molecule has 0 radical (unpaired) electrons. The average molecular weight is 300 g/mol. The number of rotatable bonds is 8. The van der Waals surface area contributed by atoms with Gasteiger partial charge in [-0.05, 0) is 30.2 Å². The van der Waals surface area contributed by atoms with Crippen molar-refractivity contribution in [3.05, 3.63) is 28.2 Å². The second-order valence-corrected chi connectivity index (χ2v) is 5.18. The number of benzene rings is 1. The number of ether oxygens (including phenoxy) is 1. The Morgan fingerprint density at radius 1 is 1.12 bits per heavy atom. The fourth-order valence-corrected chi connectivity index (χ4v) is 2.24. The first-order valence-electron chi connectivity index (χ1n) is 6.38. The molecule has 0 unspecified atom stereocenters. The number of nitrogens with two attached hydrogens (primary N) is 1. The largest absolute Gasteiger partial charge is 0.494 e. The highest BCUT2D eigenvalue weighted by molar-refractivity contribution is 9.10. The predicted molar refractivity (Wildman–Crippen MR) is 76.3 cm³/mol. The summed E-state index contributed by atoms with van der Waals surface area (Å²) in [6.07, 6.45) is 6.31. The van der Waals surface area contributed by atoms with Crippen LogP contribution in [-0.4, -0.2) is 6.61 Å². The van der Waals surface area contributed by atoms with Gasteiger partial charge in [0, 0.05) is 11.0 Å². The van der Waals surface area contributed by atoms with Crippen LogP contribution in [-0.2, 0) is 6.54 Å². The molecule has 96 valence electrons. The van der Waals surface area contributed by atoms with E-state index in [1.807, 2.05) is 18.2 Å². The van der Waals surface area contributed by atoms with E-state index in [0.29, 0.717) is 6.54 Å². The summed E-state index contributed by atoms with van der Waals surface area (Å²) in [6, 6.07) is 6.02. The molecule has 2 nitrogen and oxygen atoms in total. The molecule has 0 spiro atoms. The van der Waals surface area contributed by atoms with E-state index in [-0.39, 0.29) is 0 Å². The first kappa shape index (κ1) is 14.5. The summed E-state index contributed by atoms with van der Waals surface area (Å²) in [7, 11) is 0. The molecule has 1 aromatic carbocycles. The Morgan fingerprint density at radius 2 is 1.88 bits per heavy atom. The number of hydrogen-bond acceptors (Lipinski definition) is 2. The van der Waals surface area contributed by atoms with E-state index in [2.05, 4.69) is 22.9 Å². The van der Waals surface area contributed by atoms with E-state index < -0.39 is 0 Å². The van der Waals surface area contributed by atoms with Crippen LogP contribution in [0.4, 0.5) is 0 Å². The summed E-state index contributed by atoms with van der Waals surface area (Å²) in [5.41, 5.74) is 6.72. The molecule has 2 N–H and O–H groups in total. The third kappa shape index (κ3) is 6.08. The monoisotopic (exact) mass is 299 g/mol. The highest BCUT2D eigenvalue weighted by atomic mass is 79.9. The lowest BCUT2D eigenvalue weighted by Gasteiger charge is -2.08. The van der Waals surface area contributed by atoms with Crippen molar-refractivity contribution in [1.29, 1.82) is 0 Å². The fourth-order valence-electron chi connectivity index (χ4n) is 1.72. The van der Waals surface area contributed by atoms with E-state index in [0.717, 1.165) is 28.8 Å². The Bertz CT molecular complexity index is 328. The Labute approximate surface area is 113 Å². The van der Waals surface area contributed by atoms with Gasteiger partial charge in [0.05, 0.1) is 6.61 Å². The van der Waals surface area contributed by atoms with E-state index in [9.17, 15) is 0 Å². The zero-order chi connectivity index (χ0) is 12.5. The Kier molecular flexibility index (Phi) is 7.29. The van der Waals surface area contributed by atoms with Gasteiger partial charge in [-0.1, -0.05) is 48.5 Å². The summed E-state index contributed by atoms with van der Waals surface area (Å²) >= 11 is 3.46. The molecular formula is C14H22BrNO. The first-order valence-corrected chi connectivity index (χ1v) is 7.18. The van der Waals surface area contributed by atoms with Crippen LogP contribution in [0.15, 0.2) is 22.7 Å². The minimum Gasteiger partial charge on any atom is -0.494 e. The molecule has 0 heterocycles. The molecule has 17 heavy (non-hydrogen) atoms. The molecule has 0 atom stereocenters. The normalized spacial score (nSPS) is 10.5. The lowest BCUT2D eigenvalue weighted by molar-refractivity contribution is 0.304. The van der Waals surface area contributed by atoms with Crippen LogP contribution >= 0.6 is 15.9 Å². The minimum absolute atomic E-state index is 0.548. The maximum Gasteiger partial charge on any atom is 0.120 e. The molecule has 1 rings (SSSR count). The topological polar surface area (TPSA) is 35.2 Å². The van der Waals surface area contributed by atoms with Crippen LogP contribution in [0.1, 0.15) is 44.6 Å². The summed E-state index contributed by atoms with van der Waals surface area (Å²) in [6.45, 7) is 3.57.